The molecule has 27 heavy (non-hydrogen) atoms. The normalized spacial score (nSPS) is 12.0. The predicted octanol–water partition coefficient (Wildman–Crippen LogP) is 5.42. The number of hydrogen-bond acceptors (Lipinski definition) is 3. The van der Waals surface area contributed by atoms with Crippen molar-refractivity contribution in [3.8, 4) is 0 Å². The van der Waals surface area contributed by atoms with Gasteiger partial charge in [-0.3, -0.25) is 4.79 Å². The van der Waals surface area contributed by atoms with Gasteiger partial charge in [0.05, 0.1) is 5.56 Å². The van der Waals surface area contributed by atoms with E-state index in [0.717, 1.165) is 21.5 Å². The number of hydrogen-bond donors (Lipinski definition) is 0. The van der Waals surface area contributed by atoms with Gasteiger partial charge in [-0.2, -0.15) is 0 Å². The molecule has 1 atom stereocenters. The molecule has 0 aliphatic rings. The van der Waals surface area contributed by atoms with Crippen LogP contribution in [0.2, 0.25) is 0 Å². The van der Waals surface area contributed by atoms with Crippen molar-refractivity contribution in [2.75, 3.05) is 0 Å². The molecular weight excluding hydrogens is 336 g/mol. The van der Waals surface area contributed by atoms with Gasteiger partial charge in [0, 0.05) is 5.56 Å². The maximum atomic E-state index is 13.0. The summed E-state index contributed by atoms with van der Waals surface area (Å²) in [5, 5.41) is 3.57. The number of ether oxygens (including phenoxy) is 1. The van der Waals surface area contributed by atoms with E-state index in [1.165, 1.54) is 0 Å². The smallest absolute Gasteiger partial charge is 0.340 e. The highest BCUT2D eigenvalue weighted by Crippen LogP contribution is 2.29. The van der Waals surface area contributed by atoms with Crippen LogP contribution in [0.1, 0.15) is 27.6 Å². The van der Waals surface area contributed by atoms with E-state index in [1.54, 1.807) is 31.2 Å². The van der Waals surface area contributed by atoms with Crippen molar-refractivity contribution in [2.45, 2.75) is 13.0 Å². The van der Waals surface area contributed by atoms with Gasteiger partial charge < -0.3 is 4.74 Å². The number of esters is 1. The van der Waals surface area contributed by atoms with Gasteiger partial charge in [-0.1, -0.05) is 78.9 Å². The Morgan fingerprint density at radius 3 is 1.85 bits per heavy atom. The topological polar surface area (TPSA) is 43.4 Å². The van der Waals surface area contributed by atoms with E-state index >= 15 is 0 Å². The minimum atomic E-state index is -0.863. The molecule has 1 unspecified atom stereocenters. The summed E-state index contributed by atoms with van der Waals surface area (Å²) >= 11 is 0. The Hall–Kier alpha value is -3.46. The molecule has 0 fully saturated rings. The molecule has 0 spiro atoms. The van der Waals surface area contributed by atoms with Crippen LogP contribution in [0.25, 0.3) is 21.5 Å². The zero-order valence-electron chi connectivity index (χ0n) is 14.9. The molecule has 0 N–H and O–H groups in total. The third kappa shape index (κ3) is 3.20. The first-order chi connectivity index (χ1) is 13.1. The van der Waals surface area contributed by atoms with Gasteiger partial charge in [0.2, 0.25) is 5.78 Å². The highest BCUT2D eigenvalue weighted by molar-refractivity contribution is 6.17. The molecule has 132 valence electrons. The Bertz CT molecular complexity index is 1090. The van der Waals surface area contributed by atoms with Crippen molar-refractivity contribution in [1.82, 2.24) is 0 Å². The molecule has 0 radical (unpaired) electrons. The summed E-state index contributed by atoms with van der Waals surface area (Å²) in [5.41, 5.74) is 1.02. The highest BCUT2D eigenvalue weighted by Gasteiger charge is 2.23. The monoisotopic (exact) mass is 354 g/mol. The summed E-state index contributed by atoms with van der Waals surface area (Å²) in [5.74, 6) is -0.701. The first kappa shape index (κ1) is 17.0. The molecule has 0 heterocycles. The predicted molar refractivity (Wildman–Crippen MR) is 107 cm³/mol. The molecule has 0 aromatic heterocycles. The van der Waals surface area contributed by atoms with Crippen LogP contribution in [0.3, 0.4) is 0 Å². The fourth-order valence-electron chi connectivity index (χ4n) is 3.34. The van der Waals surface area contributed by atoms with E-state index in [0.29, 0.717) is 11.1 Å². The molecular formula is C24H18O3. The number of rotatable bonds is 4. The first-order valence-corrected chi connectivity index (χ1v) is 8.86. The SMILES string of the molecule is CC(OC(=O)c1c2ccccc2cc2ccccc12)C(=O)c1ccccc1. The minimum Gasteiger partial charge on any atom is -0.451 e. The quantitative estimate of drug-likeness (QED) is 0.279. The number of carbonyl (C=O) groups is 2. The third-order valence-electron chi connectivity index (χ3n) is 4.69. The van der Waals surface area contributed by atoms with Crippen LogP contribution in [0.15, 0.2) is 84.9 Å². The lowest BCUT2D eigenvalue weighted by atomic mass is 9.97. The summed E-state index contributed by atoms with van der Waals surface area (Å²) < 4.78 is 5.58. The lowest BCUT2D eigenvalue weighted by Crippen LogP contribution is -2.24. The zero-order valence-corrected chi connectivity index (χ0v) is 14.9. The Morgan fingerprint density at radius 1 is 0.741 bits per heavy atom. The van der Waals surface area contributed by atoms with Crippen LogP contribution in [0.4, 0.5) is 0 Å². The van der Waals surface area contributed by atoms with Crippen molar-refractivity contribution in [1.29, 1.82) is 0 Å². The Morgan fingerprint density at radius 2 is 1.26 bits per heavy atom. The molecule has 3 nitrogen and oxygen atoms in total. The number of ketones is 1. The van der Waals surface area contributed by atoms with Crippen LogP contribution < -0.4 is 0 Å². The molecule has 0 saturated carbocycles. The number of carbonyl (C=O) groups excluding carboxylic acids is 2. The summed E-state index contributed by atoms with van der Waals surface area (Å²) in [4.78, 5) is 25.6. The Balaban J connectivity index is 1.74. The van der Waals surface area contributed by atoms with Crippen molar-refractivity contribution in [3.05, 3.63) is 96.1 Å². The van der Waals surface area contributed by atoms with E-state index in [1.807, 2.05) is 54.6 Å². The molecule has 4 aromatic rings. The van der Waals surface area contributed by atoms with Gasteiger partial charge in [0.25, 0.3) is 0 Å². The van der Waals surface area contributed by atoms with E-state index in [-0.39, 0.29) is 5.78 Å². The van der Waals surface area contributed by atoms with Gasteiger partial charge in [0.15, 0.2) is 6.10 Å². The summed E-state index contributed by atoms with van der Waals surface area (Å²) in [6, 6.07) is 26.3. The summed E-state index contributed by atoms with van der Waals surface area (Å²) in [7, 11) is 0. The second-order valence-corrected chi connectivity index (χ2v) is 6.47. The molecule has 3 heteroatoms. The average Bonchev–Trinajstić information content (AvgIpc) is 2.71. The molecule has 0 aliphatic heterocycles. The highest BCUT2D eigenvalue weighted by atomic mass is 16.5. The van der Waals surface area contributed by atoms with Gasteiger partial charge >= 0.3 is 5.97 Å². The van der Waals surface area contributed by atoms with Crippen LogP contribution in [-0.2, 0) is 4.74 Å². The summed E-state index contributed by atoms with van der Waals surface area (Å²) in [6.07, 6.45) is -0.863. The van der Waals surface area contributed by atoms with Crippen LogP contribution >= 0.6 is 0 Å². The van der Waals surface area contributed by atoms with Crippen LogP contribution in [0, 0.1) is 0 Å². The van der Waals surface area contributed by atoms with E-state index < -0.39 is 12.1 Å². The van der Waals surface area contributed by atoms with Gasteiger partial charge in [-0.15, -0.1) is 0 Å². The number of benzene rings is 4. The molecule has 4 aromatic carbocycles. The van der Waals surface area contributed by atoms with Gasteiger partial charge in [-0.25, -0.2) is 4.79 Å². The van der Waals surface area contributed by atoms with Crippen molar-refractivity contribution in [3.63, 3.8) is 0 Å². The molecule has 0 bridgehead atoms. The second-order valence-electron chi connectivity index (χ2n) is 6.47. The van der Waals surface area contributed by atoms with Gasteiger partial charge in [0.1, 0.15) is 0 Å². The molecule has 4 rings (SSSR count). The van der Waals surface area contributed by atoms with Crippen molar-refractivity contribution >= 4 is 33.3 Å². The standard InChI is InChI=1S/C24H18O3/c1-16(23(25)17-9-3-2-4-10-17)27-24(26)22-20-13-7-5-11-18(20)15-19-12-6-8-14-21(19)22/h2-16H,1H3. The number of Topliss-reactive ketones (excluding diaryl/α,β-unsaturated/α-hetero) is 1. The molecule has 0 saturated heterocycles. The van der Waals surface area contributed by atoms with Gasteiger partial charge in [-0.05, 0) is 34.5 Å². The third-order valence-corrected chi connectivity index (χ3v) is 4.69. The fraction of sp³-hybridized carbons (Fsp3) is 0.0833. The van der Waals surface area contributed by atoms with E-state index in [9.17, 15) is 9.59 Å². The Kier molecular flexibility index (Phi) is 4.43. The largest absolute Gasteiger partial charge is 0.451 e. The first-order valence-electron chi connectivity index (χ1n) is 8.86. The van der Waals surface area contributed by atoms with Crippen LogP contribution in [0.5, 0.6) is 0 Å². The average molecular weight is 354 g/mol. The molecule has 0 aliphatic carbocycles. The number of fused-ring (bicyclic) bond motifs is 2. The van der Waals surface area contributed by atoms with Crippen LogP contribution in [-0.4, -0.2) is 17.9 Å². The molecule has 0 amide bonds. The van der Waals surface area contributed by atoms with Crippen molar-refractivity contribution < 1.29 is 14.3 Å². The fourth-order valence-corrected chi connectivity index (χ4v) is 3.34. The van der Waals surface area contributed by atoms with E-state index in [2.05, 4.69) is 6.07 Å². The Labute approximate surface area is 157 Å². The van der Waals surface area contributed by atoms with E-state index in [4.69, 9.17) is 4.74 Å². The second kappa shape index (κ2) is 7.04. The summed E-state index contributed by atoms with van der Waals surface area (Å²) in [6.45, 7) is 1.61. The minimum absolute atomic E-state index is 0.214. The zero-order chi connectivity index (χ0) is 18.8. The van der Waals surface area contributed by atoms with Crippen molar-refractivity contribution in [2.24, 2.45) is 0 Å². The maximum absolute atomic E-state index is 13.0. The maximum Gasteiger partial charge on any atom is 0.340 e. The lowest BCUT2D eigenvalue weighted by Gasteiger charge is -2.15. The lowest BCUT2D eigenvalue weighted by molar-refractivity contribution is 0.0322.